The Morgan fingerprint density at radius 1 is 1.39 bits per heavy atom. The first-order valence-electron chi connectivity index (χ1n) is 5.62. The SMILES string of the molecule is Nc1ccc(C(F)(F)F)cc1C(O)C1CCOC1. The summed E-state index contributed by atoms with van der Waals surface area (Å²) in [4.78, 5) is 0. The number of alkyl halides is 3. The predicted octanol–water partition coefficient (Wildman–Crippen LogP) is 2.36. The van der Waals surface area contributed by atoms with Crippen LogP contribution in [0.4, 0.5) is 18.9 Å². The average molecular weight is 261 g/mol. The number of nitrogens with two attached hydrogens (primary N) is 1. The first-order valence-corrected chi connectivity index (χ1v) is 5.62. The van der Waals surface area contributed by atoms with Gasteiger partial charge in [-0.05, 0) is 24.6 Å². The summed E-state index contributed by atoms with van der Waals surface area (Å²) in [5.41, 5.74) is 5.13. The first kappa shape index (κ1) is 13.2. The van der Waals surface area contributed by atoms with Crippen molar-refractivity contribution in [3.63, 3.8) is 0 Å². The van der Waals surface area contributed by atoms with Crippen molar-refractivity contribution in [2.75, 3.05) is 18.9 Å². The lowest BCUT2D eigenvalue weighted by molar-refractivity contribution is -0.137. The zero-order chi connectivity index (χ0) is 13.3. The van der Waals surface area contributed by atoms with Gasteiger partial charge in [-0.2, -0.15) is 13.2 Å². The van der Waals surface area contributed by atoms with E-state index in [1.807, 2.05) is 0 Å². The van der Waals surface area contributed by atoms with E-state index < -0.39 is 17.8 Å². The van der Waals surface area contributed by atoms with Crippen molar-refractivity contribution < 1.29 is 23.0 Å². The molecule has 1 aromatic rings. The maximum atomic E-state index is 12.6. The molecule has 1 saturated heterocycles. The summed E-state index contributed by atoms with van der Waals surface area (Å²) in [5, 5.41) is 10.1. The van der Waals surface area contributed by atoms with E-state index in [2.05, 4.69) is 0 Å². The van der Waals surface area contributed by atoms with Crippen LogP contribution >= 0.6 is 0 Å². The van der Waals surface area contributed by atoms with Crippen LogP contribution in [0.3, 0.4) is 0 Å². The second kappa shape index (κ2) is 4.78. The molecular weight excluding hydrogens is 247 g/mol. The number of hydrogen-bond acceptors (Lipinski definition) is 3. The van der Waals surface area contributed by atoms with Gasteiger partial charge in [0, 0.05) is 23.8 Å². The van der Waals surface area contributed by atoms with Gasteiger partial charge >= 0.3 is 6.18 Å². The number of aliphatic hydroxyl groups excluding tert-OH is 1. The van der Waals surface area contributed by atoms with Gasteiger partial charge in [0.25, 0.3) is 0 Å². The van der Waals surface area contributed by atoms with Crippen molar-refractivity contribution in [2.24, 2.45) is 5.92 Å². The Bertz CT molecular complexity index is 428. The molecule has 0 amide bonds. The second-order valence-electron chi connectivity index (χ2n) is 4.41. The molecule has 2 unspecified atom stereocenters. The van der Waals surface area contributed by atoms with E-state index in [0.717, 1.165) is 12.1 Å². The summed E-state index contributed by atoms with van der Waals surface area (Å²) >= 11 is 0. The van der Waals surface area contributed by atoms with Crippen LogP contribution in [0.25, 0.3) is 0 Å². The molecule has 0 spiro atoms. The van der Waals surface area contributed by atoms with Crippen molar-refractivity contribution in [1.29, 1.82) is 0 Å². The zero-order valence-electron chi connectivity index (χ0n) is 9.57. The van der Waals surface area contributed by atoms with Crippen LogP contribution in [-0.2, 0) is 10.9 Å². The van der Waals surface area contributed by atoms with E-state index >= 15 is 0 Å². The summed E-state index contributed by atoms with van der Waals surface area (Å²) in [5.74, 6) is -0.198. The van der Waals surface area contributed by atoms with E-state index in [-0.39, 0.29) is 17.2 Å². The van der Waals surface area contributed by atoms with Crippen LogP contribution in [0.2, 0.25) is 0 Å². The zero-order valence-corrected chi connectivity index (χ0v) is 9.57. The molecule has 18 heavy (non-hydrogen) atoms. The van der Waals surface area contributed by atoms with Gasteiger partial charge in [0.2, 0.25) is 0 Å². The Morgan fingerprint density at radius 2 is 2.11 bits per heavy atom. The molecule has 6 heteroatoms. The van der Waals surface area contributed by atoms with Crippen molar-refractivity contribution in [1.82, 2.24) is 0 Å². The fraction of sp³-hybridized carbons (Fsp3) is 0.500. The largest absolute Gasteiger partial charge is 0.416 e. The highest BCUT2D eigenvalue weighted by Crippen LogP contribution is 2.36. The summed E-state index contributed by atoms with van der Waals surface area (Å²) in [6.07, 6.45) is -4.83. The minimum atomic E-state index is -4.44. The predicted molar refractivity (Wildman–Crippen MR) is 59.7 cm³/mol. The van der Waals surface area contributed by atoms with Gasteiger partial charge in [-0.1, -0.05) is 0 Å². The van der Waals surface area contributed by atoms with Crippen LogP contribution in [0.15, 0.2) is 18.2 Å². The van der Waals surface area contributed by atoms with E-state index in [1.54, 1.807) is 0 Å². The molecule has 0 aliphatic carbocycles. The van der Waals surface area contributed by atoms with Crippen LogP contribution in [0, 0.1) is 5.92 Å². The molecule has 1 heterocycles. The monoisotopic (exact) mass is 261 g/mol. The third-order valence-corrected chi connectivity index (χ3v) is 3.14. The van der Waals surface area contributed by atoms with Crippen LogP contribution in [-0.4, -0.2) is 18.3 Å². The molecule has 0 bridgehead atoms. The van der Waals surface area contributed by atoms with Gasteiger partial charge in [-0.3, -0.25) is 0 Å². The number of anilines is 1. The quantitative estimate of drug-likeness (QED) is 0.803. The van der Waals surface area contributed by atoms with Crippen molar-refractivity contribution in [2.45, 2.75) is 18.7 Å². The normalized spacial score (nSPS) is 22.1. The molecule has 100 valence electrons. The molecule has 3 N–H and O–H groups in total. The highest BCUT2D eigenvalue weighted by atomic mass is 19.4. The van der Waals surface area contributed by atoms with Crippen molar-refractivity contribution in [3.05, 3.63) is 29.3 Å². The highest BCUT2D eigenvalue weighted by molar-refractivity contribution is 5.50. The molecule has 1 aromatic carbocycles. The van der Waals surface area contributed by atoms with Gasteiger partial charge < -0.3 is 15.6 Å². The van der Waals surface area contributed by atoms with E-state index in [9.17, 15) is 18.3 Å². The summed E-state index contributed by atoms with van der Waals surface area (Å²) in [7, 11) is 0. The number of ether oxygens (including phenoxy) is 1. The Morgan fingerprint density at radius 3 is 2.67 bits per heavy atom. The lowest BCUT2D eigenvalue weighted by atomic mass is 9.93. The lowest BCUT2D eigenvalue weighted by Crippen LogP contribution is -2.16. The van der Waals surface area contributed by atoms with Crippen molar-refractivity contribution in [3.8, 4) is 0 Å². The molecule has 3 nitrogen and oxygen atoms in total. The molecular formula is C12H14F3NO2. The molecule has 2 rings (SSSR count). The van der Waals surface area contributed by atoms with Gasteiger partial charge in [0.15, 0.2) is 0 Å². The molecule has 1 fully saturated rings. The number of nitrogen functional groups attached to an aromatic ring is 1. The molecule has 2 atom stereocenters. The topological polar surface area (TPSA) is 55.5 Å². The Kier molecular flexibility index (Phi) is 3.49. The number of rotatable bonds is 2. The first-order chi connectivity index (χ1) is 8.39. The minimum Gasteiger partial charge on any atom is -0.398 e. The van der Waals surface area contributed by atoms with Crippen molar-refractivity contribution >= 4 is 5.69 Å². The summed E-state index contributed by atoms with van der Waals surface area (Å²) < 4.78 is 42.9. The van der Waals surface area contributed by atoms with Crippen LogP contribution in [0.1, 0.15) is 23.7 Å². The molecule has 0 aromatic heterocycles. The third-order valence-electron chi connectivity index (χ3n) is 3.14. The molecule has 1 aliphatic rings. The van der Waals surface area contributed by atoms with Gasteiger partial charge in [0.05, 0.1) is 18.3 Å². The summed E-state index contributed by atoms with van der Waals surface area (Å²) in [6.45, 7) is 0.859. The number of aliphatic hydroxyl groups is 1. The van der Waals surface area contributed by atoms with Gasteiger partial charge in [-0.15, -0.1) is 0 Å². The number of benzene rings is 1. The smallest absolute Gasteiger partial charge is 0.398 e. The standard InChI is InChI=1S/C12H14F3NO2/c13-12(14,15)8-1-2-10(16)9(5-8)11(17)7-3-4-18-6-7/h1-2,5,7,11,17H,3-4,6,16H2. The number of hydrogen-bond donors (Lipinski definition) is 2. The fourth-order valence-electron chi connectivity index (χ4n) is 2.06. The van der Waals surface area contributed by atoms with Crippen LogP contribution in [0.5, 0.6) is 0 Å². The Balaban J connectivity index is 2.31. The third kappa shape index (κ3) is 2.59. The number of halogens is 3. The second-order valence-corrected chi connectivity index (χ2v) is 4.41. The minimum absolute atomic E-state index is 0.125. The Labute approximate surface area is 102 Å². The lowest BCUT2D eigenvalue weighted by Gasteiger charge is -2.20. The van der Waals surface area contributed by atoms with E-state index in [0.29, 0.717) is 19.6 Å². The molecule has 1 aliphatic heterocycles. The summed E-state index contributed by atoms with van der Waals surface area (Å²) in [6, 6.07) is 3.01. The maximum absolute atomic E-state index is 12.6. The van der Waals surface area contributed by atoms with Gasteiger partial charge in [0.1, 0.15) is 0 Å². The van der Waals surface area contributed by atoms with E-state index in [1.165, 1.54) is 6.07 Å². The van der Waals surface area contributed by atoms with Crippen LogP contribution < -0.4 is 5.73 Å². The Hall–Kier alpha value is -1.27. The van der Waals surface area contributed by atoms with E-state index in [4.69, 9.17) is 10.5 Å². The maximum Gasteiger partial charge on any atom is 0.416 e. The average Bonchev–Trinajstić information content (AvgIpc) is 2.80. The fourth-order valence-corrected chi connectivity index (χ4v) is 2.06. The highest BCUT2D eigenvalue weighted by Gasteiger charge is 2.33. The molecule has 0 saturated carbocycles. The molecule has 0 radical (unpaired) electrons. The van der Waals surface area contributed by atoms with Gasteiger partial charge in [-0.25, -0.2) is 0 Å².